The van der Waals surface area contributed by atoms with Crippen LogP contribution in [-0.2, 0) is 16.0 Å². The van der Waals surface area contributed by atoms with Gasteiger partial charge in [-0.2, -0.15) is 0 Å². The second kappa shape index (κ2) is 13.2. The molecule has 0 radical (unpaired) electrons. The predicted octanol–water partition coefficient (Wildman–Crippen LogP) is 4.09. The number of hydrogen-bond donors (Lipinski definition) is 1. The van der Waals surface area contributed by atoms with Gasteiger partial charge in [0.05, 0.1) is 14.2 Å². The standard InChI is InChI=1S/C26H34N2O4/c1-5-20(2)28(26(30)14-12-21-9-7-6-8-10-21)18-16-25(29)27-17-15-22-11-13-23(31-3)24(19-22)32-4/h6-14,19-20H,5,15-18H2,1-4H3,(H,27,29)/b14-12+. The van der Waals surface area contributed by atoms with E-state index in [1.165, 1.54) is 0 Å². The lowest BCUT2D eigenvalue weighted by Crippen LogP contribution is -2.40. The molecule has 2 aromatic carbocycles. The van der Waals surface area contributed by atoms with E-state index in [0.717, 1.165) is 17.5 Å². The summed E-state index contributed by atoms with van der Waals surface area (Å²) in [6, 6.07) is 15.5. The molecule has 0 aliphatic heterocycles. The molecule has 0 aromatic heterocycles. The van der Waals surface area contributed by atoms with Crippen molar-refractivity contribution in [1.82, 2.24) is 10.2 Å². The summed E-state index contributed by atoms with van der Waals surface area (Å²) in [5.41, 5.74) is 2.02. The zero-order valence-electron chi connectivity index (χ0n) is 19.5. The monoisotopic (exact) mass is 438 g/mol. The summed E-state index contributed by atoms with van der Waals surface area (Å²) in [5.74, 6) is 1.19. The zero-order chi connectivity index (χ0) is 23.3. The quantitative estimate of drug-likeness (QED) is 0.507. The van der Waals surface area contributed by atoms with E-state index in [9.17, 15) is 9.59 Å². The van der Waals surface area contributed by atoms with Crippen molar-refractivity contribution in [2.75, 3.05) is 27.3 Å². The van der Waals surface area contributed by atoms with Crippen LogP contribution in [0.15, 0.2) is 54.6 Å². The predicted molar refractivity (Wildman–Crippen MR) is 128 cm³/mol. The Morgan fingerprint density at radius 3 is 2.44 bits per heavy atom. The van der Waals surface area contributed by atoms with Crippen molar-refractivity contribution < 1.29 is 19.1 Å². The number of hydrogen-bond acceptors (Lipinski definition) is 4. The Bertz CT molecular complexity index is 896. The maximum absolute atomic E-state index is 12.7. The Morgan fingerprint density at radius 2 is 1.78 bits per heavy atom. The Labute approximate surface area is 191 Å². The van der Waals surface area contributed by atoms with Crippen LogP contribution in [0.4, 0.5) is 0 Å². The molecule has 0 aliphatic rings. The van der Waals surface area contributed by atoms with Crippen molar-refractivity contribution in [1.29, 1.82) is 0 Å². The van der Waals surface area contributed by atoms with E-state index < -0.39 is 0 Å². The summed E-state index contributed by atoms with van der Waals surface area (Å²) < 4.78 is 10.6. The van der Waals surface area contributed by atoms with E-state index in [4.69, 9.17) is 9.47 Å². The van der Waals surface area contributed by atoms with Crippen LogP contribution in [0, 0.1) is 0 Å². The number of amides is 2. The molecule has 6 heteroatoms. The minimum absolute atomic E-state index is 0.0579. The van der Waals surface area contributed by atoms with Gasteiger partial charge in [-0.1, -0.05) is 43.3 Å². The summed E-state index contributed by atoms with van der Waals surface area (Å²) in [4.78, 5) is 26.8. The molecule has 1 unspecified atom stereocenters. The molecule has 0 aliphatic carbocycles. The summed E-state index contributed by atoms with van der Waals surface area (Å²) in [6.07, 6.45) is 5.16. The van der Waals surface area contributed by atoms with Crippen LogP contribution in [-0.4, -0.2) is 50.1 Å². The second-order valence-corrected chi connectivity index (χ2v) is 7.57. The fourth-order valence-corrected chi connectivity index (χ4v) is 3.29. The molecular weight excluding hydrogens is 404 g/mol. The number of ether oxygens (including phenoxy) is 2. The van der Waals surface area contributed by atoms with E-state index in [2.05, 4.69) is 5.32 Å². The summed E-state index contributed by atoms with van der Waals surface area (Å²) in [7, 11) is 3.20. The number of rotatable bonds is 12. The normalized spacial score (nSPS) is 11.8. The largest absolute Gasteiger partial charge is 0.493 e. The van der Waals surface area contributed by atoms with Gasteiger partial charge in [-0.3, -0.25) is 9.59 Å². The number of carbonyl (C=O) groups is 2. The molecule has 1 N–H and O–H groups in total. The van der Waals surface area contributed by atoms with Crippen LogP contribution in [0.5, 0.6) is 11.5 Å². The van der Waals surface area contributed by atoms with Crippen molar-refractivity contribution in [3.05, 3.63) is 65.7 Å². The first-order valence-corrected chi connectivity index (χ1v) is 11.0. The Morgan fingerprint density at radius 1 is 1.06 bits per heavy atom. The summed E-state index contributed by atoms with van der Waals surface area (Å²) >= 11 is 0. The van der Waals surface area contributed by atoms with Crippen LogP contribution in [0.25, 0.3) is 6.08 Å². The van der Waals surface area contributed by atoms with Gasteiger partial charge in [0, 0.05) is 31.6 Å². The van der Waals surface area contributed by atoms with Crippen molar-refractivity contribution >= 4 is 17.9 Å². The minimum Gasteiger partial charge on any atom is -0.493 e. The molecule has 1 atom stereocenters. The smallest absolute Gasteiger partial charge is 0.246 e. The zero-order valence-corrected chi connectivity index (χ0v) is 19.5. The van der Waals surface area contributed by atoms with Gasteiger partial charge in [0.25, 0.3) is 0 Å². The number of methoxy groups -OCH3 is 2. The maximum Gasteiger partial charge on any atom is 0.246 e. The van der Waals surface area contributed by atoms with Crippen LogP contribution >= 0.6 is 0 Å². The Kier molecular flexibility index (Phi) is 10.3. The second-order valence-electron chi connectivity index (χ2n) is 7.57. The van der Waals surface area contributed by atoms with Crippen LogP contribution in [0.1, 0.15) is 37.8 Å². The van der Waals surface area contributed by atoms with E-state index in [-0.39, 0.29) is 24.3 Å². The number of carbonyl (C=O) groups excluding carboxylic acids is 2. The Balaban J connectivity index is 1.85. The van der Waals surface area contributed by atoms with Gasteiger partial charge in [-0.15, -0.1) is 0 Å². The molecule has 0 fully saturated rings. The van der Waals surface area contributed by atoms with Crippen molar-refractivity contribution in [3.63, 3.8) is 0 Å². The molecule has 2 amide bonds. The molecule has 0 saturated carbocycles. The van der Waals surface area contributed by atoms with Crippen molar-refractivity contribution in [3.8, 4) is 11.5 Å². The minimum atomic E-state index is -0.0821. The first-order chi connectivity index (χ1) is 15.5. The fourth-order valence-electron chi connectivity index (χ4n) is 3.29. The Hall–Kier alpha value is -3.28. The molecule has 0 heterocycles. The van der Waals surface area contributed by atoms with Gasteiger partial charge >= 0.3 is 0 Å². The first kappa shape index (κ1) is 25.0. The third-order valence-electron chi connectivity index (χ3n) is 5.39. The van der Waals surface area contributed by atoms with E-state index in [1.54, 1.807) is 31.3 Å². The van der Waals surface area contributed by atoms with E-state index in [0.29, 0.717) is 31.0 Å². The highest BCUT2D eigenvalue weighted by atomic mass is 16.5. The molecule has 0 spiro atoms. The van der Waals surface area contributed by atoms with Gasteiger partial charge in [0.15, 0.2) is 11.5 Å². The topological polar surface area (TPSA) is 67.9 Å². The van der Waals surface area contributed by atoms with Crippen molar-refractivity contribution in [2.24, 2.45) is 0 Å². The molecule has 2 aromatic rings. The van der Waals surface area contributed by atoms with E-state index >= 15 is 0 Å². The molecule has 6 nitrogen and oxygen atoms in total. The molecule has 32 heavy (non-hydrogen) atoms. The number of nitrogens with one attached hydrogen (secondary N) is 1. The highest BCUT2D eigenvalue weighted by Crippen LogP contribution is 2.27. The molecule has 0 bridgehead atoms. The van der Waals surface area contributed by atoms with Crippen LogP contribution in [0.3, 0.4) is 0 Å². The van der Waals surface area contributed by atoms with E-state index in [1.807, 2.05) is 62.4 Å². The number of benzene rings is 2. The lowest BCUT2D eigenvalue weighted by atomic mass is 10.1. The molecule has 172 valence electrons. The number of nitrogens with zero attached hydrogens (tertiary/aromatic N) is 1. The summed E-state index contributed by atoms with van der Waals surface area (Å²) in [6.45, 7) is 4.94. The van der Waals surface area contributed by atoms with Gasteiger partial charge in [0.2, 0.25) is 11.8 Å². The van der Waals surface area contributed by atoms with Crippen LogP contribution in [0.2, 0.25) is 0 Å². The van der Waals surface area contributed by atoms with Gasteiger partial charge < -0.3 is 19.7 Å². The first-order valence-electron chi connectivity index (χ1n) is 11.0. The lowest BCUT2D eigenvalue weighted by Gasteiger charge is -2.27. The average molecular weight is 439 g/mol. The molecular formula is C26H34N2O4. The third kappa shape index (κ3) is 7.76. The lowest BCUT2D eigenvalue weighted by molar-refractivity contribution is -0.129. The summed E-state index contributed by atoms with van der Waals surface area (Å²) in [5, 5.41) is 2.94. The molecule has 0 saturated heterocycles. The highest BCUT2D eigenvalue weighted by Gasteiger charge is 2.18. The van der Waals surface area contributed by atoms with Crippen LogP contribution < -0.4 is 14.8 Å². The average Bonchev–Trinajstić information content (AvgIpc) is 2.83. The SMILES string of the molecule is CCC(C)N(CCC(=O)NCCc1ccc(OC)c(OC)c1)C(=O)/C=C/c1ccccc1. The highest BCUT2D eigenvalue weighted by molar-refractivity contribution is 5.92. The van der Waals surface area contributed by atoms with Gasteiger partial charge in [0.1, 0.15) is 0 Å². The van der Waals surface area contributed by atoms with Gasteiger partial charge in [-0.05, 0) is 49.1 Å². The maximum atomic E-state index is 12.7. The fraction of sp³-hybridized carbons (Fsp3) is 0.385. The third-order valence-corrected chi connectivity index (χ3v) is 5.39. The molecule has 2 rings (SSSR count). The van der Waals surface area contributed by atoms with Gasteiger partial charge in [-0.25, -0.2) is 0 Å². The van der Waals surface area contributed by atoms with Crippen molar-refractivity contribution in [2.45, 2.75) is 39.2 Å².